The Bertz CT molecular complexity index is 1410. The van der Waals surface area contributed by atoms with Gasteiger partial charge in [-0.25, -0.2) is 13.1 Å². The molecule has 0 bridgehead atoms. The summed E-state index contributed by atoms with van der Waals surface area (Å²) in [6.07, 6.45) is 3.50. The highest BCUT2D eigenvalue weighted by molar-refractivity contribution is 7.88. The summed E-state index contributed by atoms with van der Waals surface area (Å²) >= 11 is 1.57. The van der Waals surface area contributed by atoms with Crippen molar-refractivity contribution >= 4 is 27.1 Å². The van der Waals surface area contributed by atoms with E-state index in [2.05, 4.69) is 5.10 Å². The molecule has 9 heteroatoms. The van der Waals surface area contributed by atoms with Crippen molar-refractivity contribution in [3.63, 3.8) is 0 Å². The van der Waals surface area contributed by atoms with Gasteiger partial charge in [0.15, 0.2) is 0 Å². The molecule has 0 amide bonds. The highest BCUT2D eigenvalue weighted by Gasteiger charge is 2.38. The number of hydrogen-bond donors (Lipinski definition) is 0. The van der Waals surface area contributed by atoms with E-state index in [1.807, 2.05) is 78.3 Å². The summed E-state index contributed by atoms with van der Waals surface area (Å²) in [5.41, 5.74) is 3.90. The molecule has 1 unspecified atom stereocenters. The first-order valence-corrected chi connectivity index (χ1v) is 13.1. The molecule has 0 saturated heterocycles. The first-order chi connectivity index (χ1) is 16.0. The second-order valence-electron chi connectivity index (χ2n) is 7.69. The monoisotopic (exact) mass is 478 g/mol. The van der Waals surface area contributed by atoms with Crippen molar-refractivity contribution in [2.24, 2.45) is 5.10 Å². The van der Waals surface area contributed by atoms with Crippen LogP contribution in [-0.4, -0.2) is 41.7 Å². The Balaban J connectivity index is 1.64. The van der Waals surface area contributed by atoms with E-state index in [1.54, 1.807) is 23.1 Å². The standard InChI is InChI=1S/C24H22N4O3S2/c1-31-22-12-7-6-11-18(22)20-15-21(28(25-20)33(2,29)30)19-16-27(17-9-4-3-5-10-17)26-24(19)23-13-8-14-32-23/h3-14,16,21H,15H2,1-2H3. The first-order valence-electron chi connectivity index (χ1n) is 10.3. The number of methoxy groups -OCH3 is 1. The van der Waals surface area contributed by atoms with Gasteiger partial charge in [0.1, 0.15) is 11.4 Å². The minimum Gasteiger partial charge on any atom is -0.496 e. The number of para-hydroxylation sites is 2. The molecule has 0 aliphatic carbocycles. The molecule has 4 aromatic rings. The Morgan fingerprint density at radius 1 is 1.03 bits per heavy atom. The van der Waals surface area contributed by atoms with Gasteiger partial charge >= 0.3 is 0 Å². The van der Waals surface area contributed by atoms with Gasteiger partial charge in [0.25, 0.3) is 0 Å². The zero-order chi connectivity index (χ0) is 23.0. The van der Waals surface area contributed by atoms with Gasteiger partial charge in [0, 0.05) is 23.7 Å². The number of nitrogens with zero attached hydrogens (tertiary/aromatic N) is 4. The van der Waals surface area contributed by atoms with Crippen LogP contribution in [0.15, 0.2) is 83.4 Å². The second-order valence-corrected chi connectivity index (χ2v) is 10.5. The lowest BCUT2D eigenvalue weighted by Gasteiger charge is -2.20. The summed E-state index contributed by atoms with van der Waals surface area (Å²) in [6, 6.07) is 20.7. The molecule has 0 spiro atoms. The number of aromatic nitrogens is 2. The zero-order valence-corrected chi connectivity index (χ0v) is 19.8. The van der Waals surface area contributed by atoms with Crippen LogP contribution in [0, 0.1) is 0 Å². The lowest BCUT2D eigenvalue weighted by atomic mass is 9.98. The molecule has 33 heavy (non-hydrogen) atoms. The van der Waals surface area contributed by atoms with E-state index in [0.717, 1.165) is 27.4 Å². The van der Waals surface area contributed by atoms with Crippen molar-refractivity contribution < 1.29 is 13.2 Å². The van der Waals surface area contributed by atoms with Crippen molar-refractivity contribution in [2.75, 3.05) is 13.4 Å². The van der Waals surface area contributed by atoms with Gasteiger partial charge in [0.05, 0.1) is 35.7 Å². The van der Waals surface area contributed by atoms with Gasteiger partial charge in [-0.1, -0.05) is 36.4 Å². The van der Waals surface area contributed by atoms with Crippen molar-refractivity contribution in [1.82, 2.24) is 14.2 Å². The molecule has 0 N–H and O–H groups in total. The third-order valence-corrected chi connectivity index (χ3v) is 7.40. The number of hydrogen-bond acceptors (Lipinski definition) is 6. The van der Waals surface area contributed by atoms with Gasteiger partial charge in [-0.3, -0.25) is 0 Å². The third-order valence-electron chi connectivity index (χ3n) is 5.51. The van der Waals surface area contributed by atoms with Crippen molar-refractivity contribution in [2.45, 2.75) is 12.5 Å². The lowest BCUT2D eigenvalue weighted by molar-refractivity contribution is 0.375. The van der Waals surface area contributed by atoms with Crippen molar-refractivity contribution in [3.05, 3.63) is 89.4 Å². The quantitative estimate of drug-likeness (QED) is 0.402. The number of sulfonamides is 1. The zero-order valence-electron chi connectivity index (χ0n) is 18.1. The number of ether oxygens (including phenoxy) is 1. The van der Waals surface area contributed by atoms with Crippen molar-refractivity contribution in [1.29, 1.82) is 0 Å². The van der Waals surface area contributed by atoms with Crippen LogP contribution in [0.5, 0.6) is 5.75 Å². The van der Waals surface area contributed by atoms with E-state index in [-0.39, 0.29) is 0 Å². The average molecular weight is 479 g/mol. The Hall–Kier alpha value is -3.43. The molecule has 1 atom stereocenters. The predicted molar refractivity (Wildman–Crippen MR) is 130 cm³/mol. The molecule has 2 aromatic heterocycles. The molecule has 5 rings (SSSR count). The Labute approximate surface area is 196 Å². The normalized spacial score (nSPS) is 16.1. The summed E-state index contributed by atoms with van der Waals surface area (Å²) in [6.45, 7) is 0. The van der Waals surface area contributed by atoms with Crippen LogP contribution in [0.1, 0.15) is 23.6 Å². The maximum atomic E-state index is 12.8. The highest BCUT2D eigenvalue weighted by atomic mass is 32.2. The van der Waals surface area contributed by atoms with E-state index in [9.17, 15) is 8.42 Å². The molecule has 1 aliphatic rings. The van der Waals surface area contributed by atoms with Crippen LogP contribution in [0.2, 0.25) is 0 Å². The smallest absolute Gasteiger partial charge is 0.247 e. The van der Waals surface area contributed by atoms with Crippen LogP contribution in [-0.2, 0) is 10.0 Å². The Morgan fingerprint density at radius 3 is 2.48 bits per heavy atom. The van der Waals surface area contributed by atoms with E-state index < -0.39 is 16.1 Å². The van der Waals surface area contributed by atoms with E-state index in [0.29, 0.717) is 17.9 Å². The van der Waals surface area contributed by atoms with Gasteiger partial charge < -0.3 is 4.74 Å². The largest absolute Gasteiger partial charge is 0.496 e. The lowest BCUT2D eigenvalue weighted by Crippen LogP contribution is -2.26. The van der Waals surface area contributed by atoms with Crippen LogP contribution < -0.4 is 4.74 Å². The van der Waals surface area contributed by atoms with Crippen LogP contribution in [0.25, 0.3) is 16.3 Å². The minimum absolute atomic E-state index is 0.409. The molecule has 0 fully saturated rings. The molecule has 1 aliphatic heterocycles. The molecular formula is C24H22N4O3S2. The summed E-state index contributed by atoms with van der Waals surface area (Å²) < 4.78 is 34.1. The topological polar surface area (TPSA) is 76.8 Å². The predicted octanol–water partition coefficient (Wildman–Crippen LogP) is 4.72. The maximum Gasteiger partial charge on any atom is 0.247 e. The fourth-order valence-corrected chi connectivity index (χ4v) is 5.65. The fourth-order valence-electron chi connectivity index (χ4n) is 4.02. The van der Waals surface area contributed by atoms with Crippen LogP contribution in [0.3, 0.4) is 0 Å². The van der Waals surface area contributed by atoms with Gasteiger partial charge in [-0.2, -0.15) is 14.6 Å². The van der Waals surface area contributed by atoms with Crippen LogP contribution >= 0.6 is 11.3 Å². The highest BCUT2D eigenvalue weighted by Crippen LogP contribution is 2.41. The molecule has 0 saturated carbocycles. The molecule has 7 nitrogen and oxygen atoms in total. The number of rotatable bonds is 6. The molecule has 3 heterocycles. The van der Waals surface area contributed by atoms with Crippen LogP contribution in [0.4, 0.5) is 0 Å². The van der Waals surface area contributed by atoms with Gasteiger partial charge in [-0.05, 0) is 35.7 Å². The molecule has 2 aromatic carbocycles. The SMILES string of the molecule is COc1ccccc1C1=NN(S(C)(=O)=O)C(c2cn(-c3ccccc3)nc2-c2cccs2)C1. The van der Waals surface area contributed by atoms with Crippen molar-refractivity contribution in [3.8, 4) is 22.0 Å². The molecule has 168 valence electrons. The Morgan fingerprint density at radius 2 is 1.79 bits per heavy atom. The van der Waals surface area contributed by atoms with E-state index >= 15 is 0 Å². The third kappa shape index (κ3) is 4.05. The number of hydrazone groups is 1. The van der Waals surface area contributed by atoms with Gasteiger partial charge in [0.2, 0.25) is 10.0 Å². The molecule has 0 radical (unpaired) electrons. The second kappa shape index (κ2) is 8.49. The van der Waals surface area contributed by atoms with Gasteiger partial charge in [-0.15, -0.1) is 11.3 Å². The summed E-state index contributed by atoms with van der Waals surface area (Å²) in [5, 5.41) is 11.4. The summed E-state index contributed by atoms with van der Waals surface area (Å²) in [7, 11) is -2.03. The average Bonchev–Trinajstić information content (AvgIpc) is 3.58. The fraction of sp³-hybridized carbons (Fsp3) is 0.167. The molecular weight excluding hydrogens is 456 g/mol. The maximum absolute atomic E-state index is 12.8. The number of thiophene rings is 1. The van der Waals surface area contributed by atoms with E-state index in [1.165, 1.54) is 10.7 Å². The summed E-state index contributed by atoms with van der Waals surface area (Å²) in [5.74, 6) is 0.656. The number of benzene rings is 2. The Kier molecular flexibility index (Phi) is 5.51. The first kappa shape index (κ1) is 21.4. The minimum atomic E-state index is -3.63. The summed E-state index contributed by atoms with van der Waals surface area (Å²) in [4.78, 5) is 0.971. The van der Waals surface area contributed by atoms with E-state index in [4.69, 9.17) is 9.84 Å².